The van der Waals surface area contributed by atoms with Crippen molar-refractivity contribution in [2.24, 2.45) is 5.92 Å². The number of esters is 1. The van der Waals surface area contributed by atoms with E-state index in [-0.39, 0.29) is 12.3 Å². The average Bonchev–Trinajstić information content (AvgIpc) is 2.84. The maximum atomic E-state index is 13.1. The number of carbonyl (C=O) groups excluding carboxylic acids is 1. The average molecular weight is 525 g/mol. The Hall–Kier alpha value is -3.32. The van der Waals surface area contributed by atoms with Crippen molar-refractivity contribution in [2.45, 2.75) is 50.6 Å². The number of nitrogens with zero attached hydrogens (tertiary/aromatic N) is 2. The van der Waals surface area contributed by atoms with Crippen molar-refractivity contribution >= 4 is 5.97 Å². The Labute approximate surface area is 211 Å². The predicted molar refractivity (Wildman–Crippen MR) is 125 cm³/mol. The molecule has 0 N–H and O–H groups in total. The summed E-state index contributed by atoms with van der Waals surface area (Å²) in [6.07, 6.45) is -6.87. The number of allylic oxidation sites excluding steroid dienone is 1. The highest BCUT2D eigenvalue weighted by Gasteiger charge is 2.37. The SMILES string of the molecule is C=C(C)C#C[C@H](c1ccc(C(F)(F)F)nc1)N1CC[C@H](CC(=O)OC)C[C@H]1c1ccc(C(F)(F)F)cc1. The third kappa shape index (κ3) is 7.35. The summed E-state index contributed by atoms with van der Waals surface area (Å²) >= 11 is 0. The van der Waals surface area contributed by atoms with Crippen molar-refractivity contribution in [3.8, 4) is 11.8 Å². The molecule has 37 heavy (non-hydrogen) atoms. The number of hydrogen-bond acceptors (Lipinski definition) is 4. The van der Waals surface area contributed by atoms with E-state index in [0.29, 0.717) is 36.1 Å². The van der Waals surface area contributed by atoms with Gasteiger partial charge >= 0.3 is 18.3 Å². The molecule has 1 aromatic carbocycles. The number of pyridine rings is 1. The summed E-state index contributed by atoms with van der Waals surface area (Å²) in [6, 6.07) is 5.76. The number of piperidine rings is 1. The first kappa shape index (κ1) is 28.3. The van der Waals surface area contributed by atoms with Crippen molar-refractivity contribution < 1.29 is 35.9 Å². The predicted octanol–water partition coefficient (Wildman–Crippen LogP) is 6.76. The Balaban J connectivity index is 2.04. The molecule has 2 aromatic rings. The molecule has 0 spiro atoms. The van der Waals surface area contributed by atoms with E-state index in [1.54, 1.807) is 6.92 Å². The summed E-state index contributed by atoms with van der Waals surface area (Å²) in [6.45, 7) is 5.84. The van der Waals surface area contributed by atoms with Crippen molar-refractivity contribution in [3.63, 3.8) is 0 Å². The molecule has 1 aromatic heterocycles. The van der Waals surface area contributed by atoms with Crippen LogP contribution in [-0.4, -0.2) is 29.5 Å². The molecule has 0 unspecified atom stereocenters. The Morgan fingerprint density at radius 3 is 2.32 bits per heavy atom. The number of methoxy groups -OCH3 is 1. The number of likely N-dealkylation sites (tertiary alicyclic amines) is 1. The smallest absolute Gasteiger partial charge is 0.433 e. The normalized spacial score (nSPS) is 19.5. The molecule has 0 radical (unpaired) electrons. The first-order valence-electron chi connectivity index (χ1n) is 11.5. The second-order valence-electron chi connectivity index (χ2n) is 8.97. The van der Waals surface area contributed by atoms with Crippen LogP contribution in [-0.2, 0) is 21.9 Å². The Kier molecular flexibility index (Phi) is 8.69. The van der Waals surface area contributed by atoms with Gasteiger partial charge in [-0.05, 0) is 60.6 Å². The number of aromatic nitrogens is 1. The van der Waals surface area contributed by atoms with Crippen LogP contribution < -0.4 is 0 Å². The fourth-order valence-electron chi connectivity index (χ4n) is 4.38. The van der Waals surface area contributed by atoms with Crippen LogP contribution in [0.1, 0.15) is 60.7 Å². The van der Waals surface area contributed by atoms with Gasteiger partial charge in [0.15, 0.2) is 0 Å². The Bertz CT molecular complexity index is 1160. The summed E-state index contributed by atoms with van der Waals surface area (Å²) in [4.78, 5) is 17.4. The van der Waals surface area contributed by atoms with E-state index in [1.165, 1.54) is 25.3 Å². The summed E-state index contributed by atoms with van der Waals surface area (Å²) in [5, 5.41) is 0. The molecule has 4 nitrogen and oxygen atoms in total. The molecule has 0 saturated carbocycles. The second kappa shape index (κ2) is 11.4. The van der Waals surface area contributed by atoms with E-state index in [9.17, 15) is 31.1 Å². The lowest BCUT2D eigenvalue weighted by Gasteiger charge is -2.42. The highest BCUT2D eigenvalue weighted by atomic mass is 19.4. The van der Waals surface area contributed by atoms with Crippen LogP contribution in [0.2, 0.25) is 0 Å². The van der Waals surface area contributed by atoms with Crippen LogP contribution in [0.3, 0.4) is 0 Å². The molecule has 0 bridgehead atoms. The van der Waals surface area contributed by atoms with Gasteiger partial charge in [0.2, 0.25) is 0 Å². The van der Waals surface area contributed by atoms with Gasteiger partial charge in [-0.1, -0.05) is 36.6 Å². The molecular weight excluding hydrogens is 498 g/mol. The van der Waals surface area contributed by atoms with E-state index in [4.69, 9.17) is 4.74 Å². The third-order valence-corrected chi connectivity index (χ3v) is 6.20. The molecule has 1 aliphatic heterocycles. The molecule has 1 saturated heterocycles. The lowest BCUT2D eigenvalue weighted by Crippen LogP contribution is -2.39. The van der Waals surface area contributed by atoms with Crippen molar-refractivity contribution in [1.29, 1.82) is 0 Å². The number of benzene rings is 1. The number of hydrogen-bond donors (Lipinski definition) is 0. The molecule has 3 rings (SSSR count). The minimum absolute atomic E-state index is 0.100. The summed E-state index contributed by atoms with van der Waals surface area (Å²) in [5.74, 6) is 5.44. The van der Waals surface area contributed by atoms with Gasteiger partial charge in [-0.15, -0.1) is 0 Å². The zero-order chi connectivity index (χ0) is 27.4. The molecule has 0 aliphatic carbocycles. The first-order chi connectivity index (χ1) is 17.3. The number of alkyl halides is 6. The fraction of sp³-hybridized carbons (Fsp3) is 0.407. The maximum absolute atomic E-state index is 13.1. The maximum Gasteiger partial charge on any atom is 0.433 e. The van der Waals surface area contributed by atoms with Gasteiger partial charge in [0.25, 0.3) is 0 Å². The van der Waals surface area contributed by atoms with E-state index in [2.05, 4.69) is 23.4 Å². The summed E-state index contributed by atoms with van der Waals surface area (Å²) in [7, 11) is 1.28. The van der Waals surface area contributed by atoms with E-state index >= 15 is 0 Å². The minimum Gasteiger partial charge on any atom is -0.469 e. The standard InChI is InChI=1S/C27H26F6N2O2/c1-17(2)4-10-22(20-7-11-24(34-16-20)27(31,32)33)35-13-12-18(15-25(36)37-3)14-23(35)19-5-8-21(9-6-19)26(28,29)30/h5-9,11,16,18,22-23H,1,12-15H2,2-3H3/t18-,22+,23-/m0/s1. The highest BCUT2D eigenvalue weighted by molar-refractivity contribution is 5.69. The van der Waals surface area contributed by atoms with Crippen LogP contribution in [0.15, 0.2) is 54.7 Å². The molecule has 2 heterocycles. The number of rotatable bonds is 5. The molecular formula is C27H26F6N2O2. The lowest BCUT2D eigenvalue weighted by molar-refractivity contribution is -0.142. The van der Waals surface area contributed by atoms with Crippen LogP contribution >= 0.6 is 0 Å². The molecule has 10 heteroatoms. The lowest BCUT2D eigenvalue weighted by atomic mass is 9.83. The molecule has 0 amide bonds. The zero-order valence-electron chi connectivity index (χ0n) is 20.3. The molecule has 198 valence electrons. The van der Waals surface area contributed by atoms with Crippen molar-refractivity contribution in [3.05, 3.63) is 77.1 Å². The molecule has 1 aliphatic rings. The Morgan fingerprint density at radius 2 is 1.81 bits per heavy atom. The molecule has 1 fully saturated rings. The van der Waals surface area contributed by atoms with Gasteiger partial charge in [-0.2, -0.15) is 26.3 Å². The summed E-state index contributed by atoms with van der Waals surface area (Å²) < 4.78 is 83.5. The third-order valence-electron chi connectivity index (χ3n) is 6.20. The van der Waals surface area contributed by atoms with Gasteiger partial charge in [-0.3, -0.25) is 14.7 Å². The van der Waals surface area contributed by atoms with E-state index < -0.39 is 41.7 Å². The van der Waals surface area contributed by atoms with Crippen molar-refractivity contribution in [1.82, 2.24) is 9.88 Å². The van der Waals surface area contributed by atoms with Gasteiger partial charge in [-0.25, -0.2) is 0 Å². The molecule has 3 atom stereocenters. The number of ether oxygens (including phenoxy) is 1. The van der Waals surface area contributed by atoms with E-state index in [0.717, 1.165) is 24.4 Å². The van der Waals surface area contributed by atoms with Crippen LogP contribution in [0.4, 0.5) is 26.3 Å². The first-order valence-corrected chi connectivity index (χ1v) is 11.5. The monoisotopic (exact) mass is 524 g/mol. The van der Waals surface area contributed by atoms with Crippen LogP contribution in [0, 0.1) is 17.8 Å². The number of halogens is 6. The number of carbonyl (C=O) groups is 1. The van der Waals surface area contributed by atoms with Crippen molar-refractivity contribution in [2.75, 3.05) is 13.7 Å². The van der Waals surface area contributed by atoms with Crippen LogP contribution in [0.5, 0.6) is 0 Å². The van der Waals surface area contributed by atoms with E-state index in [1.807, 2.05) is 4.90 Å². The topological polar surface area (TPSA) is 42.4 Å². The quantitative estimate of drug-likeness (QED) is 0.246. The van der Waals surface area contributed by atoms with Gasteiger partial charge < -0.3 is 4.74 Å². The van der Waals surface area contributed by atoms with Gasteiger partial charge in [0.05, 0.1) is 18.7 Å². The Morgan fingerprint density at radius 1 is 1.14 bits per heavy atom. The van der Waals surface area contributed by atoms with Crippen LogP contribution in [0.25, 0.3) is 0 Å². The largest absolute Gasteiger partial charge is 0.469 e. The highest BCUT2D eigenvalue weighted by Crippen LogP contribution is 2.42. The second-order valence-corrected chi connectivity index (χ2v) is 8.97. The van der Waals surface area contributed by atoms with Gasteiger partial charge in [0, 0.05) is 25.2 Å². The summed E-state index contributed by atoms with van der Waals surface area (Å²) in [5.41, 5.74) is -0.319. The fourth-order valence-corrected chi connectivity index (χ4v) is 4.38. The van der Waals surface area contributed by atoms with Gasteiger partial charge in [0.1, 0.15) is 5.69 Å². The minimum atomic E-state index is -4.60. The zero-order valence-corrected chi connectivity index (χ0v) is 20.3.